The van der Waals surface area contributed by atoms with Gasteiger partial charge in [0.25, 0.3) is 0 Å². The van der Waals surface area contributed by atoms with Gasteiger partial charge in [-0.25, -0.2) is 4.79 Å². The van der Waals surface area contributed by atoms with Crippen molar-refractivity contribution in [1.29, 1.82) is 0 Å². The molecule has 0 aliphatic heterocycles. The molecule has 0 radical (unpaired) electrons. The van der Waals surface area contributed by atoms with Crippen molar-refractivity contribution in [3.05, 3.63) is 59.2 Å². The van der Waals surface area contributed by atoms with Gasteiger partial charge in [0.05, 0.1) is 12.2 Å². The first-order chi connectivity index (χ1) is 9.24. The van der Waals surface area contributed by atoms with Gasteiger partial charge in [0.2, 0.25) is 0 Å². The third-order valence-corrected chi connectivity index (χ3v) is 3.43. The Hall–Kier alpha value is -1.83. The average Bonchev–Trinajstić information content (AvgIpc) is 2.48. The molecule has 1 atom stereocenters. The monoisotopic (exact) mass is 256 g/mol. The summed E-state index contributed by atoms with van der Waals surface area (Å²) in [5.74, 6) is 0.141. The second kappa shape index (κ2) is 6.37. The van der Waals surface area contributed by atoms with Gasteiger partial charge in [-0.2, -0.15) is 0 Å². The molecule has 0 spiro atoms. The molecule has 1 aliphatic rings. The van der Waals surface area contributed by atoms with Gasteiger partial charge >= 0.3 is 5.97 Å². The smallest absolute Gasteiger partial charge is 0.337 e. The Morgan fingerprint density at radius 3 is 2.53 bits per heavy atom. The Morgan fingerprint density at radius 1 is 1.26 bits per heavy atom. The summed E-state index contributed by atoms with van der Waals surface area (Å²) in [5.41, 5.74) is 3.32. The number of ether oxygens (including phenoxy) is 1. The SMILES string of the molecule is CCOC(=O)C1=CCC(c2ccc(CC)cc2)C=C1. The number of rotatable bonds is 4. The molecular weight excluding hydrogens is 236 g/mol. The number of carbonyl (C=O) groups is 1. The molecule has 0 N–H and O–H groups in total. The zero-order valence-electron chi connectivity index (χ0n) is 11.6. The fourth-order valence-corrected chi connectivity index (χ4v) is 2.23. The lowest BCUT2D eigenvalue weighted by molar-refractivity contribution is -0.138. The topological polar surface area (TPSA) is 26.3 Å². The summed E-state index contributed by atoms with van der Waals surface area (Å²) in [6.45, 7) is 4.40. The van der Waals surface area contributed by atoms with Crippen LogP contribution in [-0.2, 0) is 16.0 Å². The normalized spacial score (nSPS) is 18.0. The van der Waals surface area contributed by atoms with Gasteiger partial charge in [0.1, 0.15) is 0 Å². The number of esters is 1. The molecule has 19 heavy (non-hydrogen) atoms. The van der Waals surface area contributed by atoms with Gasteiger partial charge in [0.15, 0.2) is 0 Å². The molecule has 2 nitrogen and oxygen atoms in total. The fraction of sp³-hybridized carbons (Fsp3) is 0.353. The summed E-state index contributed by atoms with van der Waals surface area (Å²) >= 11 is 0. The minimum atomic E-state index is -0.224. The van der Waals surface area contributed by atoms with Gasteiger partial charge < -0.3 is 4.74 Å². The van der Waals surface area contributed by atoms with E-state index in [4.69, 9.17) is 4.74 Å². The van der Waals surface area contributed by atoms with Crippen molar-refractivity contribution < 1.29 is 9.53 Å². The highest BCUT2D eigenvalue weighted by Crippen LogP contribution is 2.27. The lowest BCUT2D eigenvalue weighted by atomic mass is 9.89. The molecule has 0 saturated heterocycles. The van der Waals surface area contributed by atoms with Crippen molar-refractivity contribution >= 4 is 5.97 Å². The first-order valence-electron chi connectivity index (χ1n) is 6.89. The van der Waals surface area contributed by atoms with Crippen LogP contribution in [0.25, 0.3) is 0 Å². The lowest BCUT2D eigenvalue weighted by Crippen LogP contribution is -2.09. The first kappa shape index (κ1) is 13.6. The van der Waals surface area contributed by atoms with Gasteiger partial charge in [-0.1, -0.05) is 49.4 Å². The Kier molecular flexibility index (Phi) is 4.56. The average molecular weight is 256 g/mol. The molecule has 0 fully saturated rings. The number of hydrogen-bond acceptors (Lipinski definition) is 2. The van der Waals surface area contributed by atoms with Crippen LogP contribution in [0.5, 0.6) is 0 Å². The van der Waals surface area contributed by atoms with Crippen LogP contribution in [0, 0.1) is 0 Å². The highest BCUT2D eigenvalue weighted by atomic mass is 16.5. The molecule has 0 saturated carbocycles. The Labute approximate surface area is 114 Å². The number of benzene rings is 1. The zero-order chi connectivity index (χ0) is 13.7. The van der Waals surface area contributed by atoms with E-state index in [2.05, 4.69) is 37.3 Å². The molecule has 0 bridgehead atoms. The van der Waals surface area contributed by atoms with E-state index in [1.165, 1.54) is 11.1 Å². The highest BCUT2D eigenvalue weighted by Gasteiger charge is 2.15. The largest absolute Gasteiger partial charge is 0.462 e. The van der Waals surface area contributed by atoms with E-state index >= 15 is 0 Å². The van der Waals surface area contributed by atoms with Gasteiger partial charge in [-0.3, -0.25) is 0 Å². The molecule has 0 heterocycles. The van der Waals surface area contributed by atoms with Crippen LogP contribution in [-0.4, -0.2) is 12.6 Å². The summed E-state index contributed by atoms with van der Waals surface area (Å²) in [5, 5.41) is 0. The predicted molar refractivity (Wildman–Crippen MR) is 77.0 cm³/mol. The molecule has 1 unspecified atom stereocenters. The van der Waals surface area contributed by atoms with Crippen molar-refractivity contribution in [2.75, 3.05) is 6.61 Å². The van der Waals surface area contributed by atoms with Crippen molar-refractivity contribution in [2.45, 2.75) is 32.6 Å². The van der Waals surface area contributed by atoms with Crippen LogP contribution in [0.15, 0.2) is 48.1 Å². The predicted octanol–water partition coefficient (Wildman–Crippen LogP) is 3.78. The van der Waals surface area contributed by atoms with Crippen LogP contribution in [0.2, 0.25) is 0 Å². The minimum absolute atomic E-state index is 0.224. The van der Waals surface area contributed by atoms with E-state index in [0.717, 1.165) is 12.8 Å². The molecule has 1 aliphatic carbocycles. The summed E-state index contributed by atoms with van der Waals surface area (Å²) in [4.78, 5) is 11.6. The van der Waals surface area contributed by atoms with Crippen LogP contribution in [0.3, 0.4) is 0 Å². The standard InChI is InChI=1S/C17H20O2/c1-3-13-5-7-14(8-6-13)15-9-11-16(12-10-15)17(18)19-4-2/h5-9,11-12,15H,3-4,10H2,1-2H3. The van der Waals surface area contributed by atoms with Crippen molar-refractivity contribution in [3.63, 3.8) is 0 Å². The lowest BCUT2D eigenvalue weighted by Gasteiger charge is -2.16. The van der Waals surface area contributed by atoms with E-state index in [1.807, 2.05) is 19.1 Å². The van der Waals surface area contributed by atoms with E-state index in [9.17, 15) is 4.79 Å². The Bertz CT molecular complexity index is 494. The number of hydrogen-bond donors (Lipinski definition) is 0. The number of aryl methyl sites for hydroxylation is 1. The molecular formula is C17H20O2. The maximum absolute atomic E-state index is 11.6. The van der Waals surface area contributed by atoms with E-state index < -0.39 is 0 Å². The quantitative estimate of drug-likeness (QED) is 0.766. The van der Waals surface area contributed by atoms with Crippen molar-refractivity contribution in [3.8, 4) is 0 Å². The third-order valence-electron chi connectivity index (χ3n) is 3.43. The fourth-order valence-electron chi connectivity index (χ4n) is 2.23. The van der Waals surface area contributed by atoms with Crippen LogP contribution < -0.4 is 0 Å². The molecule has 1 aromatic carbocycles. The van der Waals surface area contributed by atoms with E-state index in [0.29, 0.717) is 18.1 Å². The van der Waals surface area contributed by atoms with Gasteiger partial charge in [-0.15, -0.1) is 0 Å². The Morgan fingerprint density at radius 2 is 2.00 bits per heavy atom. The van der Waals surface area contributed by atoms with Crippen molar-refractivity contribution in [1.82, 2.24) is 0 Å². The summed E-state index contributed by atoms with van der Waals surface area (Å²) in [6, 6.07) is 8.70. The van der Waals surface area contributed by atoms with E-state index in [1.54, 1.807) is 0 Å². The molecule has 2 heteroatoms. The number of allylic oxidation sites excluding steroid dienone is 2. The third kappa shape index (κ3) is 3.34. The second-order valence-corrected chi connectivity index (χ2v) is 4.68. The Balaban J connectivity index is 2.03. The minimum Gasteiger partial charge on any atom is -0.462 e. The molecule has 2 rings (SSSR count). The highest BCUT2D eigenvalue weighted by molar-refractivity contribution is 5.91. The second-order valence-electron chi connectivity index (χ2n) is 4.68. The van der Waals surface area contributed by atoms with Gasteiger partial charge in [-0.05, 0) is 30.9 Å². The summed E-state index contributed by atoms with van der Waals surface area (Å²) in [7, 11) is 0. The first-order valence-corrected chi connectivity index (χ1v) is 6.89. The maximum atomic E-state index is 11.6. The van der Waals surface area contributed by atoms with Gasteiger partial charge in [0, 0.05) is 5.92 Å². The summed E-state index contributed by atoms with van der Waals surface area (Å²) in [6.07, 6.45) is 7.85. The summed E-state index contributed by atoms with van der Waals surface area (Å²) < 4.78 is 4.99. The molecule has 0 aromatic heterocycles. The van der Waals surface area contributed by atoms with Crippen LogP contribution in [0.1, 0.15) is 37.3 Å². The number of carbonyl (C=O) groups excluding carboxylic acids is 1. The van der Waals surface area contributed by atoms with Crippen molar-refractivity contribution in [2.24, 2.45) is 0 Å². The zero-order valence-corrected chi connectivity index (χ0v) is 11.6. The molecule has 1 aromatic rings. The molecule has 0 amide bonds. The molecule has 100 valence electrons. The maximum Gasteiger partial charge on any atom is 0.337 e. The van der Waals surface area contributed by atoms with E-state index in [-0.39, 0.29) is 5.97 Å². The van der Waals surface area contributed by atoms with Crippen LogP contribution in [0.4, 0.5) is 0 Å². The van der Waals surface area contributed by atoms with Crippen LogP contribution >= 0.6 is 0 Å².